The van der Waals surface area contributed by atoms with Gasteiger partial charge in [0.2, 0.25) is 0 Å². The fourth-order valence-corrected chi connectivity index (χ4v) is 3.05. The largest absolute Gasteiger partial charge is 0.493 e. The predicted octanol–water partition coefficient (Wildman–Crippen LogP) is 2.85. The number of hydrogen-bond donors (Lipinski definition) is 1. The molecular formula is C16H24Cl2N2O3. The molecule has 1 aliphatic heterocycles. The van der Waals surface area contributed by atoms with Crippen LogP contribution in [0.15, 0.2) is 12.1 Å². The molecule has 0 bridgehead atoms. The molecule has 0 spiro atoms. The first kappa shape index (κ1) is 19.9. The van der Waals surface area contributed by atoms with E-state index in [1.54, 1.807) is 19.2 Å². The van der Waals surface area contributed by atoms with Crippen LogP contribution < -0.4 is 14.8 Å². The molecule has 1 aromatic carbocycles. The third-order valence-electron chi connectivity index (χ3n) is 3.83. The van der Waals surface area contributed by atoms with Crippen LogP contribution in [0.2, 0.25) is 5.02 Å². The Balaban J connectivity index is 0.00000264. The third kappa shape index (κ3) is 4.66. The maximum atomic E-state index is 12.6. The summed E-state index contributed by atoms with van der Waals surface area (Å²) in [6.07, 6.45) is 1.02. The number of nitrogens with one attached hydrogen (secondary N) is 1. The first-order valence-corrected chi connectivity index (χ1v) is 7.92. The monoisotopic (exact) mass is 362 g/mol. The maximum Gasteiger partial charge on any atom is 0.254 e. The van der Waals surface area contributed by atoms with E-state index in [4.69, 9.17) is 21.1 Å². The van der Waals surface area contributed by atoms with Crippen LogP contribution >= 0.6 is 24.0 Å². The Bertz CT molecular complexity index is 540. The number of ether oxygens (including phenoxy) is 2. The Morgan fingerprint density at radius 2 is 2.22 bits per heavy atom. The van der Waals surface area contributed by atoms with E-state index >= 15 is 0 Å². The number of hydrogen-bond acceptors (Lipinski definition) is 4. The number of benzene rings is 1. The molecule has 1 amide bonds. The topological polar surface area (TPSA) is 50.8 Å². The quantitative estimate of drug-likeness (QED) is 0.845. The van der Waals surface area contributed by atoms with Crippen molar-refractivity contribution in [1.82, 2.24) is 10.2 Å². The summed E-state index contributed by atoms with van der Waals surface area (Å²) < 4.78 is 10.8. The number of rotatable bonds is 6. The fraction of sp³-hybridized carbons (Fsp3) is 0.562. The van der Waals surface area contributed by atoms with Gasteiger partial charge in [-0.2, -0.15) is 0 Å². The Hall–Kier alpha value is -1.17. The molecule has 0 aliphatic carbocycles. The minimum absolute atomic E-state index is 0. The van der Waals surface area contributed by atoms with Crippen molar-refractivity contribution in [2.75, 3.05) is 40.4 Å². The lowest BCUT2D eigenvalue weighted by atomic mass is 10.1. The smallest absolute Gasteiger partial charge is 0.254 e. The Kier molecular flexibility index (Phi) is 7.95. The number of methoxy groups -OCH3 is 1. The highest BCUT2D eigenvalue weighted by molar-refractivity contribution is 6.32. The van der Waals surface area contributed by atoms with E-state index < -0.39 is 0 Å². The van der Waals surface area contributed by atoms with E-state index in [9.17, 15) is 4.79 Å². The first-order valence-electron chi connectivity index (χ1n) is 7.54. The minimum atomic E-state index is -0.0122. The minimum Gasteiger partial charge on any atom is -0.493 e. The second-order valence-corrected chi connectivity index (χ2v) is 5.79. The lowest BCUT2D eigenvalue weighted by Gasteiger charge is -2.18. The Morgan fingerprint density at radius 3 is 2.83 bits per heavy atom. The van der Waals surface area contributed by atoms with Gasteiger partial charge in [-0.15, -0.1) is 12.4 Å². The summed E-state index contributed by atoms with van der Waals surface area (Å²) in [4.78, 5) is 14.5. The van der Waals surface area contributed by atoms with Crippen LogP contribution in [0, 0.1) is 5.92 Å². The number of likely N-dealkylation sites (tertiary alicyclic amines) is 1. The standard InChI is InChI=1S/C16H23ClN2O3.ClH/c1-4-22-15-13(17)7-12(8-14(15)21-3)16(20)19-6-5-11(10-19)9-18-2;/h7-8,11,18H,4-6,9-10H2,1-3H3;1H. The van der Waals surface area contributed by atoms with Gasteiger partial charge in [0, 0.05) is 18.7 Å². The summed E-state index contributed by atoms with van der Waals surface area (Å²) in [7, 11) is 3.48. The third-order valence-corrected chi connectivity index (χ3v) is 4.11. The number of amides is 1. The molecule has 1 atom stereocenters. The Morgan fingerprint density at radius 1 is 1.48 bits per heavy atom. The van der Waals surface area contributed by atoms with Gasteiger partial charge in [0.1, 0.15) is 0 Å². The molecule has 7 heteroatoms. The molecule has 1 N–H and O–H groups in total. The van der Waals surface area contributed by atoms with Crippen molar-refractivity contribution in [3.8, 4) is 11.5 Å². The van der Waals surface area contributed by atoms with Crippen LogP contribution in [0.25, 0.3) is 0 Å². The molecule has 1 heterocycles. The van der Waals surface area contributed by atoms with Gasteiger partial charge in [0.15, 0.2) is 11.5 Å². The van der Waals surface area contributed by atoms with Crippen LogP contribution in [-0.2, 0) is 0 Å². The number of carbonyl (C=O) groups is 1. The summed E-state index contributed by atoms with van der Waals surface area (Å²) in [5, 5.41) is 3.56. The van der Waals surface area contributed by atoms with Gasteiger partial charge in [-0.25, -0.2) is 0 Å². The molecule has 0 radical (unpaired) electrons. The summed E-state index contributed by atoms with van der Waals surface area (Å²) in [5.41, 5.74) is 0.537. The number of halogens is 2. The maximum absolute atomic E-state index is 12.6. The predicted molar refractivity (Wildman–Crippen MR) is 94.4 cm³/mol. The lowest BCUT2D eigenvalue weighted by molar-refractivity contribution is 0.0787. The first-order chi connectivity index (χ1) is 10.6. The number of nitrogens with zero attached hydrogens (tertiary/aromatic N) is 1. The van der Waals surface area contributed by atoms with Gasteiger partial charge in [-0.1, -0.05) is 11.6 Å². The highest BCUT2D eigenvalue weighted by Gasteiger charge is 2.27. The van der Waals surface area contributed by atoms with Crippen molar-refractivity contribution >= 4 is 29.9 Å². The van der Waals surface area contributed by atoms with Crippen molar-refractivity contribution in [3.63, 3.8) is 0 Å². The van der Waals surface area contributed by atoms with Gasteiger partial charge in [0.05, 0.1) is 18.7 Å². The second kappa shape index (κ2) is 9.21. The molecular weight excluding hydrogens is 339 g/mol. The normalized spacial score (nSPS) is 16.9. The molecule has 1 unspecified atom stereocenters. The zero-order chi connectivity index (χ0) is 16.1. The van der Waals surface area contributed by atoms with Crippen LogP contribution in [0.5, 0.6) is 11.5 Å². The van der Waals surface area contributed by atoms with E-state index in [1.165, 1.54) is 0 Å². The van der Waals surface area contributed by atoms with Gasteiger partial charge in [0.25, 0.3) is 5.91 Å². The van der Waals surface area contributed by atoms with E-state index in [1.807, 2.05) is 18.9 Å². The van der Waals surface area contributed by atoms with Crippen LogP contribution in [0.1, 0.15) is 23.7 Å². The zero-order valence-corrected chi connectivity index (χ0v) is 15.3. The molecule has 5 nitrogen and oxygen atoms in total. The fourth-order valence-electron chi connectivity index (χ4n) is 2.78. The summed E-state index contributed by atoms with van der Waals surface area (Å²) in [5.74, 6) is 1.47. The van der Waals surface area contributed by atoms with Gasteiger partial charge >= 0.3 is 0 Å². The van der Waals surface area contributed by atoms with Crippen molar-refractivity contribution in [1.29, 1.82) is 0 Å². The molecule has 0 aromatic heterocycles. The van der Waals surface area contributed by atoms with E-state index in [0.717, 1.165) is 26.1 Å². The average Bonchev–Trinajstić information content (AvgIpc) is 2.97. The summed E-state index contributed by atoms with van der Waals surface area (Å²) in [6.45, 7) is 4.84. The van der Waals surface area contributed by atoms with Gasteiger partial charge < -0.3 is 19.7 Å². The summed E-state index contributed by atoms with van der Waals surface area (Å²) >= 11 is 6.24. The van der Waals surface area contributed by atoms with Crippen molar-refractivity contribution in [3.05, 3.63) is 22.7 Å². The van der Waals surface area contributed by atoms with E-state index in [0.29, 0.717) is 34.6 Å². The molecule has 1 aliphatic rings. The van der Waals surface area contributed by atoms with E-state index in [-0.39, 0.29) is 18.3 Å². The van der Waals surface area contributed by atoms with Crippen LogP contribution in [0.4, 0.5) is 0 Å². The molecule has 1 aromatic rings. The summed E-state index contributed by atoms with van der Waals surface area (Å²) in [6, 6.07) is 3.35. The Labute approximate surface area is 148 Å². The van der Waals surface area contributed by atoms with Crippen molar-refractivity contribution in [2.45, 2.75) is 13.3 Å². The molecule has 130 valence electrons. The van der Waals surface area contributed by atoms with Gasteiger partial charge in [-0.3, -0.25) is 4.79 Å². The van der Waals surface area contributed by atoms with Crippen LogP contribution in [0.3, 0.4) is 0 Å². The molecule has 2 rings (SSSR count). The van der Waals surface area contributed by atoms with Crippen molar-refractivity contribution in [2.24, 2.45) is 5.92 Å². The molecule has 23 heavy (non-hydrogen) atoms. The average molecular weight is 363 g/mol. The number of carbonyl (C=O) groups excluding carboxylic acids is 1. The highest BCUT2D eigenvalue weighted by atomic mass is 35.5. The molecule has 0 saturated carbocycles. The van der Waals surface area contributed by atoms with Gasteiger partial charge in [-0.05, 0) is 45.0 Å². The second-order valence-electron chi connectivity index (χ2n) is 5.39. The lowest BCUT2D eigenvalue weighted by Crippen LogP contribution is -2.30. The van der Waals surface area contributed by atoms with Crippen LogP contribution in [-0.4, -0.2) is 51.2 Å². The van der Waals surface area contributed by atoms with Crippen molar-refractivity contribution < 1.29 is 14.3 Å². The molecule has 1 saturated heterocycles. The molecule has 1 fully saturated rings. The van der Waals surface area contributed by atoms with E-state index in [2.05, 4.69) is 5.32 Å². The zero-order valence-electron chi connectivity index (χ0n) is 13.7. The highest BCUT2D eigenvalue weighted by Crippen LogP contribution is 2.37. The SMILES string of the molecule is CCOc1c(Cl)cc(C(=O)N2CCC(CNC)C2)cc1OC.Cl.